The van der Waals surface area contributed by atoms with Crippen molar-refractivity contribution in [2.75, 3.05) is 30.5 Å². The zero-order valence-corrected chi connectivity index (χ0v) is 25.5. The van der Waals surface area contributed by atoms with Gasteiger partial charge in [-0.25, -0.2) is 4.79 Å². The smallest absolute Gasteiger partial charge is 0.328 e. The molecule has 1 atom stereocenters. The highest BCUT2D eigenvalue weighted by Crippen LogP contribution is 2.23. The van der Waals surface area contributed by atoms with E-state index in [-0.39, 0.29) is 11.7 Å². The van der Waals surface area contributed by atoms with Gasteiger partial charge in [0.25, 0.3) is 5.91 Å². The molecule has 1 N–H and O–H groups in total. The summed E-state index contributed by atoms with van der Waals surface area (Å²) in [5.74, 6) is -0.0207. The molecule has 0 saturated carbocycles. The van der Waals surface area contributed by atoms with Crippen LogP contribution in [0.1, 0.15) is 38.3 Å². The Labute approximate surface area is 268 Å². The van der Waals surface area contributed by atoms with Gasteiger partial charge in [0.15, 0.2) is 5.78 Å². The van der Waals surface area contributed by atoms with Crippen LogP contribution < -0.4 is 15.0 Å². The largest absolute Gasteiger partial charge is 0.494 e. The van der Waals surface area contributed by atoms with Crippen molar-refractivity contribution in [2.24, 2.45) is 0 Å². The SMILES string of the molecule is COC(=O)[C@H](Cc1ccc(OCCCN(C(=O)c2cccnc2)c2ccccc2)cc1)Nc1ccccc1C(=O)c1ccccc1. The van der Waals surface area contributed by atoms with Crippen LogP contribution in [0.2, 0.25) is 0 Å². The Balaban J connectivity index is 1.19. The number of ketones is 1. The fraction of sp³-hybridized carbons (Fsp3) is 0.158. The maximum Gasteiger partial charge on any atom is 0.328 e. The minimum Gasteiger partial charge on any atom is -0.494 e. The lowest BCUT2D eigenvalue weighted by molar-refractivity contribution is -0.141. The molecule has 46 heavy (non-hydrogen) atoms. The molecule has 1 amide bonds. The van der Waals surface area contributed by atoms with Crippen LogP contribution in [0, 0.1) is 0 Å². The number of nitrogens with zero attached hydrogens (tertiary/aromatic N) is 2. The normalized spacial score (nSPS) is 11.2. The van der Waals surface area contributed by atoms with Crippen molar-refractivity contribution in [3.05, 3.63) is 156 Å². The number of esters is 1. The molecule has 0 bridgehead atoms. The van der Waals surface area contributed by atoms with E-state index in [0.717, 1.165) is 11.3 Å². The number of rotatable bonds is 14. The first-order valence-corrected chi connectivity index (χ1v) is 15.1. The second kappa shape index (κ2) is 15.8. The summed E-state index contributed by atoms with van der Waals surface area (Å²) in [6.07, 6.45) is 4.16. The fourth-order valence-electron chi connectivity index (χ4n) is 5.05. The number of methoxy groups -OCH3 is 1. The Morgan fingerprint density at radius 2 is 1.46 bits per heavy atom. The summed E-state index contributed by atoms with van der Waals surface area (Å²) in [4.78, 5) is 45.0. The van der Waals surface area contributed by atoms with Gasteiger partial charge in [0, 0.05) is 47.9 Å². The first-order valence-electron chi connectivity index (χ1n) is 15.1. The summed E-state index contributed by atoms with van der Waals surface area (Å²) < 4.78 is 11.1. The molecule has 0 radical (unpaired) electrons. The van der Waals surface area contributed by atoms with Crippen LogP contribution in [0.15, 0.2) is 134 Å². The van der Waals surface area contributed by atoms with E-state index < -0.39 is 12.0 Å². The molecule has 1 heterocycles. The Morgan fingerprint density at radius 3 is 2.15 bits per heavy atom. The molecule has 4 aromatic carbocycles. The third kappa shape index (κ3) is 8.24. The number of carbonyl (C=O) groups excluding carboxylic acids is 3. The van der Waals surface area contributed by atoms with E-state index in [9.17, 15) is 14.4 Å². The highest BCUT2D eigenvalue weighted by atomic mass is 16.5. The van der Waals surface area contributed by atoms with Crippen molar-refractivity contribution in [1.82, 2.24) is 4.98 Å². The highest BCUT2D eigenvalue weighted by Gasteiger charge is 2.23. The highest BCUT2D eigenvalue weighted by molar-refractivity contribution is 6.12. The zero-order valence-electron chi connectivity index (χ0n) is 25.5. The summed E-state index contributed by atoms with van der Waals surface area (Å²) in [6, 6.07) is 36.0. The predicted octanol–water partition coefficient (Wildman–Crippen LogP) is 6.62. The monoisotopic (exact) mass is 613 g/mol. The van der Waals surface area contributed by atoms with Crippen molar-refractivity contribution in [2.45, 2.75) is 18.9 Å². The topological polar surface area (TPSA) is 97.8 Å². The summed E-state index contributed by atoms with van der Waals surface area (Å²) >= 11 is 0. The molecule has 0 saturated heterocycles. The quantitative estimate of drug-likeness (QED) is 0.0854. The van der Waals surface area contributed by atoms with Crippen molar-refractivity contribution in [3.8, 4) is 5.75 Å². The molecule has 232 valence electrons. The Kier molecular flexibility index (Phi) is 10.9. The molecule has 1 aromatic heterocycles. The van der Waals surface area contributed by atoms with Crippen LogP contribution >= 0.6 is 0 Å². The standard InChI is InChI=1S/C38H35N3O5/c1-45-38(44)35(40-34-18-9-8-17-33(34)36(42)29-12-4-2-5-13-29)26-28-19-21-32(22-20-28)46-25-11-24-41(31-15-6-3-7-16-31)37(43)30-14-10-23-39-27-30/h2-10,12-23,27,35,40H,11,24-26H2,1H3/t35-/m0/s1. The van der Waals surface area contributed by atoms with Gasteiger partial charge in [0.05, 0.1) is 19.3 Å². The van der Waals surface area contributed by atoms with Gasteiger partial charge in [0.1, 0.15) is 11.8 Å². The van der Waals surface area contributed by atoms with E-state index in [2.05, 4.69) is 10.3 Å². The average Bonchev–Trinajstić information content (AvgIpc) is 3.12. The number of hydrogen-bond donors (Lipinski definition) is 1. The van der Waals surface area contributed by atoms with Gasteiger partial charge in [0.2, 0.25) is 0 Å². The Hall–Kier alpha value is -5.76. The lowest BCUT2D eigenvalue weighted by atomic mass is 10.00. The molecule has 8 heteroatoms. The van der Waals surface area contributed by atoms with Gasteiger partial charge in [-0.1, -0.05) is 72.8 Å². The number of hydrogen-bond acceptors (Lipinski definition) is 7. The van der Waals surface area contributed by atoms with Crippen LogP contribution in [0.3, 0.4) is 0 Å². The number of aromatic nitrogens is 1. The van der Waals surface area contributed by atoms with E-state index in [1.807, 2.05) is 78.9 Å². The summed E-state index contributed by atoms with van der Waals surface area (Å²) in [7, 11) is 1.35. The van der Waals surface area contributed by atoms with Crippen LogP contribution in [-0.4, -0.2) is 48.9 Å². The van der Waals surface area contributed by atoms with Crippen LogP contribution in [0.25, 0.3) is 0 Å². The number of anilines is 2. The summed E-state index contributed by atoms with van der Waals surface area (Å²) in [5.41, 5.74) is 3.81. The lowest BCUT2D eigenvalue weighted by Gasteiger charge is -2.23. The van der Waals surface area contributed by atoms with Gasteiger partial charge < -0.3 is 19.7 Å². The number of nitrogens with one attached hydrogen (secondary N) is 1. The molecular formula is C38H35N3O5. The Morgan fingerprint density at radius 1 is 0.783 bits per heavy atom. The number of carbonyl (C=O) groups is 3. The maximum absolute atomic E-state index is 13.2. The van der Waals surface area contributed by atoms with Crippen LogP contribution in [0.5, 0.6) is 5.75 Å². The number of para-hydroxylation sites is 2. The number of amides is 1. The van der Waals surface area contributed by atoms with Crippen LogP contribution in [-0.2, 0) is 16.0 Å². The number of pyridine rings is 1. The van der Waals surface area contributed by atoms with E-state index >= 15 is 0 Å². The molecule has 0 aliphatic heterocycles. The van der Waals surface area contributed by atoms with E-state index in [4.69, 9.17) is 9.47 Å². The molecule has 0 aliphatic carbocycles. The molecular weight excluding hydrogens is 578 g/mol. The third-order valence-corrected chi connectivity index (χ3v) is 7.40. The first kappa shape index (κ1) is 31.7. The van der Waals surface area contributed by atoms with Crippen LogP contribution in [0.4, 0.5) is 11.4 Å². The van der Waals surface area contributed by atoms with Gasteiger partial charge in [-0.3, -0.25) is 14.6 Å². The molecule has 0 fully saturated rings. The Bertz CT molecular complexity index is 1730. The second-order valence-corrected chi connectivity index (χ2v) is 10.5. The van der Waals surface area contributed by atoms with Crippen molar-refractivity contribution < 1.29 is 23.9 Å². The number of ether oxygens (including phenoxy) is 2. The van der Waals surface area contributed by atoms with E-state index in [0.29, 0.717) is 54.1 Å². The predicted molar refractivity (Wildman–Crippen MR) is 178 cm³/mol. The van der Waals surface area contributed by atoms with E-state index in [1.54, 1.807) is 59.8 Å². The van der Waals surface area contributed by atoms with Crippen molar-refractivity contribution in [1.29, 1.82) is 0 Å². The third-order valence-electron chi connectivity index (χ3n) is 7.40. The molecule has 8 nitrogen and oxygen atoms in total. The molecule has 0 spiro atoms. The molecule has 5 aromatic rings. The van der Waals surface area contributed by atoms with E-state index in [1.165, 1.54) is 7.11 Å². The summed E-state index contributed by atoms with van der Waals surface area (Å²) in [6.45, 7) is 0.873. The summed E-state index contributed by atoms with van der Waals surface area (Å²) in [5, 5.41) is 3.24. The molecule has 5 rings (SSSR count). The van der Waals surface area contributed by atoms with Gasteiger partial charge in [-0.15, -0.1) is 0 Å². The van der Waals surface area contributed by atoms with Gasteiger partial charge in [-0.2, -0.15) is 0 Å². The molecule has 0 unspecified atom stereocenters. The first-order chi connectivity index (χ1) is 22.5. The second-order valence-electron chi connectivity index (χ2n) is 10.5. The average molecular weight is 614 g/mol. The molecule has 0 aliphatic rings. The van der Waals surface area contributed by atoms with Gasteiger partial charge in [-0.05, 0) is 60.5 Å². The van der Waals surface area contributed by atoms with Crippen molar-refractivity contribution in [3.63, 3.8) is 0 Å². The maximum atomic E-state index is 13.2. The minimum absolute atomic E-state index is 0.121. The van der Waals surface area contributed by atoms with Crippen molar-refractivity contribution >= 4 is 29.0 Å². The fourth-order valence-corrected chi connectivity index (χ4v) is 5.05. The van der Waals surface area contributed by atoms with Gasteiger partial charge >= 0.3 is 5.97 Å². The lowest BCUT2D eigenvalue weighted by Crippen LogP contribution is -2.33. The minimum atomic E-state index is -0.720. The zero-order chi connectivity index (χ0) is 32.1. The number of benzene rings is 4.